The number of rotatable bonds is 7. The molecule has 3 nitrogen and oxygen atoms in total. The number of unbranched alkanes of at least 4 members (excludes halogenated alkanes) is 3. The second-order valence-electron chi connectivity index (χ2n) is 2.84. The Morgan fingerprint density at radius 2 is 1.85 bits per heavy atom. The molecule has 13 heavy (non-hydrogen) atoms. The Kier molecular flexibility index (Phi) is 11.1. The maximum Gasteiger partial charge on any atom is 0.328 e. The van der Waals surface area contributed by atoms with Crippen molar-refractivity contribution in [1.82, 2.24) is 0 Å². The molecule has 0 amide bonds. The first kappa shape index (κ1) is 15.9. The standard InChI is InChI=1S/C8H19O3P.H2S/c1-3-5-6-7-8-12(9,10)11-4-2;/h3-8H2,1-2H3,(H,9,10);1H2. The van der Waals surface area contributed by atoms with Gasteiger partial charge in [-0.1, -0.05) is 26.2 Å². The largest absolute Gasteiger partial charge is 0.328 e. The van der Waals surface area contributed by atoms with Crippen molar-refractivity contribution in [3.05, 3.63) is 0 Å². The van der Waals surface area contributed by atoms with Gasteiger partial charge in [-0.25, -0.2) is 0 Å². The van der Waals surface area contributed by atoms with Gasteiger partial charge in [0.05, 0.1) is 6.61 Å². The van der Waals surface area contributed by atoms with E-state index >= 15 is 0 Å². The Bertz CT molecular complexity index is 152. The lowest BCUT2D eigenvalue weighted by Crippen LogP contribution is -1.94. The summed E-state index contributed by atoms with van der Waals surface area (Å²) in [5, 5.41) is 0. The molecule has 0 aliphatic carbocycles. The fourth-order valence-corrected chi connectivity index (χ4v) is 2.16. The summed E-state index contributed by atoms with van der Waals surface area (Å²) >= 11 is 0. The molecule has 0 bridgehead atoms. The molecule has 82 valence electrons. The van der Waals surface area contributed by atoms with E-state index < -0.39 is 7.60 Å². The van der Waals surface area contributed by atoms with Crippen molar-refractivity contribution in [1.29, 1.82) is 0 Å². The molecular weight excluding hydrogens is 207 g/mol. The van der Waals surface area contributed by atoms with E-state index in [4.69, 9.17) is 9.42 Å². The van der Waals surface area contributed by atoms with Gasteiger partial charge in [-0.15, -0.1) is 0 Å². The number of hydrogen-bond donors (Lipinski definition) is 1. The van der Waals surface area contributed by atoms with Crippen molar-refractivity contribution < 1.29 is 14.0 Å². The smallest absolute Gasteiger partial charge is 0.324 e. The molecule has 1 atom stereocenters. The minimum Gasteiger partial charge on any atom is -0.324 e. The average Bonchev–Trinajstić information content (AvgIpc) is 1.98. The monoisotopic (exact) mass is 228 g/mol. The summed E-state index contributed by atoms with van der Waals surface area (Å²) in [5.74, 6) is 0. The summed E-state index contributed by atoms with van der Waals surface area (Å²) in [6.45, 7) is 4.16. The molecule has 0 radical (unpaired) electrons. The van der Waals surface area contributed by atoms with Crippen LogP contribution in [0.5, 0.6) is 0 Å². The lowest BCUT2D eigenvalue weighted by molar-refractivity contribution is 0.273. The van der Waals surface area contributed by atoms with E-state index in [9.17, 15) is 4.57 Å². The van der Waals surface area contributed by atoms with Gasteiger partial charge in [0, 0.05) is 6.16 Å². The lowest BCUT2D eigenvalue weighted by Gasteiger charge is -2.09. The summed E-state index contributed by atoms with van der Waals surface area (Å²) in [7, 11) is -3.23. The van der Waals surface area contributed by atoms with Gasteiger partial charge in [0.15, 0.2) is 0 Å². The summed E-state index contributed by atoms with van der Waals surface area (Å²) in [4.78, 5) is 9.15. The van der Waals surface area contributed by atoms with Crippen LogP contribution in [0.1, 0.15) is 39.5 Å². The quantitative estimate of drug-likeness (QED) is 0.538. The van der Waals surface area contributed by atoms with Crippen LogP contribution in [0.2, 0.25) is 0 Å². The van der Waals surface area contributed by atoms with Gasteiger partial charge in [0.25, 0.3) is 0 Å². The SMILES string of the molecule is CCCCCCP(=O)(O)OCC.S. The van der Waals surface area contributed by atoms with E-state index in [1.165, 1.54) is 0 Å². The normalized spacial score (nSPS) is 14.7. The molecule has 0 aromatic rings. The first-order chi connectivity index (χ1) is 5.62. The van der Waals surface area contributed by atoms with E-state index in [1.807, 2.05) is 0 Å². The highest BCUT2D eigenvalue weighted by Crippen LogP contribution is 2.42. The molecule has 0 aromatic carbocycles. The lowest BCUT2D eigenvalue weighted by atomic mass is 10.2. The molecule has 0 saturated heterocycles. The van der Waals surface area contributed by atoms with Crippen molar-refractivity contribution >= 4 is 21.1 Å². The summed E-state index contributed by atoms with van der Waals surface area (Å²) in [5.41, 5.74) is 0. The molecule has 0 aliphatic rings. The van der Waals surface area contributed by atoms with Crippen molar-refractivity contribution in [2.24, 2.45) is 0 Å². The predicted molar refractivity (Wildman–Crippen MR) is 60.8 cm³/mol. The minimum atomic E-state index is -3.23. The van der Waals surface area contributed by atoms with Gasteiger partial charge in [-0.3, -0.25) is 4.57 Å². The van der Waals surface area contributed by atoms with E-state index in [1.54, 1.807) is 6.92 Å². The Morgan fingerprint density at radius 1 is 1.23 bits per heavy atom. The van der Waals surface area contributed by atoms with Crippen LogP contribution in [-0.2, 0) is 9.09 Å². The van der Waals surface area contributed by atoms with E-state index in [0.29, 0.717) is 12.8 Å². The summed E-state index contributed by atoms with van der Waals surface area (Å²) < 4.78 is 15.8. The highest BCUT2D eigenvalue weighted by atomic mass is 32.1. The zero-order valence-electron chi connectivity index (χ0n) is 8.45. The van der Waals surface area contributed by atoms with E-state index in [2.05, 4.69) is 6.92 Å². The molecule has 0 aromatic heterocycles. The van der Waals surface area contributed by atoms with Crippen molar-refractivity contribution in [3.8, 4) is 0 Å². The molecule has 0 rings (SSSR count). The third kappa shape index (κ3) is 10.4. The Hall–Kier alpha value is 0.500. The zero-order chi connectivity index (χ0) is 9.45. The molecule has 0 saturated carbocycles. The topological polar surface area (TPSA) is 46.5 Å². The molecule has 0 aliphatic heterocycles. The van der Waals surface area contributed by atoms with Crippen molar-refractivity contribution in [3.63, 3.8) is 0 Å². The first-order valence-corrected chi connectivity index (χ1v) is 6.35. The van der Waals surface area contributed by atoms with Crippen LogP contribution < -0.4 is 0 Å². The molecular formula is C8H21O3PS. The van der Waals surface area contributed by atoms with Gasteiger partial charge >= 0.3 is 7.60 Å². The maximum atomic E-state index is 11.1. The van der Waals surface area contributed by atoms with Gasteiger partial charge in [0.1, 0.15) is 0 Å². The average molecular weight is 228 g/mol. The third-order valence-electron chi connectivity index (χ3n) is 1.63. The van der Waals surface area contributed by atoms with Crippen LogP contribution in [0.3, 0.4) is 0 Å². The molecule has 0 heterocycles. The van der Waals surface area contributed by atoms with Crippen molar-refractivity contribution in [2.45, 2.75) is 39.5 Å². The van der Waals surface area contributed by atoms with Crippen LogP contribution in [0, 0.1) is 0 Å². The second-order valence-corrected chi connectivity index (χ2v) is 4.82. The maximum absolute atomic E-state index is 11.1. The highest BCUT2D eigenvalue weighted by molar-refractivity contribution is 7.59. The van der Waals surface area contributed by atoms with Gasteiger partial charge in [0.2, 0.25) is 0 Å². The Labute approximate surface area is 87.9 Å². The fourth-order valence-electron chi connectivity index (χ4n) is 1.00. The van der Waals surface area contributed by atoms with Gasteiger partial charge < -0.3 is 9.42 Å². The van der Waals surface area contributed by atoms with Crippen LogP contribution in [0.4, 0.5) is 0 Å². The summed E-state index contributed by atoms with van der Waals surface area (Å²) in [6, 6.07) is 0. The predicted octanol–water partition coefficient (Wildman–Crippen LogP) is 2.90. The van der Waals surface area contributed by atoms with Crippen LogP contribution >= 0.6 is 21.1 Å². The highest BCUT2D eigenvalue weighted by Gasteiger charge is 2.16. The molecule has 1 unspecified atom stereocenters. The molecule has 0 spiro atoms. The van der Waals surface area contributed by atoms with Crippen LogP contribution in [0.25, 0.3) is 0 Å². The zero-order valence-corrected chi connectivity index (χ0v) is 10.3. The van der Waals surface area contributed by atoms with E-state index in [-0.39, 0.29) is 13.5 Å². The summed E-state index contributed by atoms with van der Waals surface area (Å²) in [6.07, 6.45) is 4.40. The minimum absolute atomic E-state index is 0. The Balaban J connectivity index is 0. The third-order valence-corrected chi connectivity index (χ3v) is 3.17. The Morgan fingerprint density at radius 3 is 2.31 bits per heavy atom. The molecule has 5 heteroatoms. The first-order valence-electron chi connectivity index (χ1n) is 4.58. The van der Waals surface area contributed by atoms with Gasteiger partial charge in [-0.2, -0.15) is 13.5 Å². The van der Waals surface area contributed by atoms with Crippen molar-refractivity contribution in [2.75, 3.05) is 12.8 Å². The number of hydrogen-bond acceptors (Lipinski definition) is 2. The van der Waals surface area contributed by atoms with Gasteiger partial charge in [-0.05, 0) is 13.3 Å². The van der Waals surface area contributed by atoms with Crippen LogP contribution in [0.15, 0.2) is 0 Å². The molecule has 0 fully saturated rings. The molecule has 1 N–H and O–H groups in total. The second kappa shape index (κ2) is 9.07. The fraction of sp³-hybridized carbons (Fsp3) is 1.00. The van der Waals surface area contributed by atoms with E-state index in [0.717, 1.165) is 25.7 Å². The van der Waals surface area contributed by atoms with Crippen LogP contribution in [-0.4, -0.2) is 17.7 Å².